The van der Waals surface area contributed by atoms with E-state index in [1.807, 2.05) is 6.92 Å². The Morgan fingerprint density at radius 3 is 2.71 bits per heavy atom. The first-order valence-electron chi connectivity index (χ1n) is 8.23. The summed E-state index contributed by atoms with van der Waals surface area (Å²) in [6.07, 6.45) is 8.25. The molecule has 0 spiro atoms. The normalized spacial score (nSPS) is 16.3. The van der Waals surface area contributed by atoms with Crippen molar-refractivity contribution in [2.75, 3.05) is 0 Å². The van der Waals surface area contributed by atoms with Gasteiger partial charge in [-0.25, -0.2) is 9.67 Å². The van der Waals surface area contributed by atoms with Gasteiger partial charge in [-0.05, 0) is 32.6 Å². The van der Waals surface area contributed by atoms with Gasteiger partial charge in [-0.2, -0.15) is 5.10 Å². The van der Waals surface area contributed by atoms with E-state index in [0.29, 0.717) is 5.88 Å². The molecule has 0 N–H and O–H groups in total. The average Bonchev–Trinajstić information content (AvgIpc) is 3.17. The highest BCUT2D eigenvalue weighted by Crippen LogP contribution is 2.29. The van der Waals surface area contributed by atoms with Crippen LogP contribution in [0.3, 0.4) is 0 Å². The molecule has 0 atom stereocenters. The second kappa shape index (κ2) is 6.39. The van der Waals surface area contributed by atoms with E-state index in [4.69, 9.17) is 16.6 Å². The van der Waals surface area contributed by atoms with E-state index >= 15 is 0 Å². The lowest BCUT2D eigenvalue weighted by Crippen LogP contribution is -2.09. The quantitative estimate of drug-likeness (QED) is 0.747. The van der Waals surface area contributed by atoms with Gasteiger partial charge in [0.2, 0.25) is 0 Å². The van der Waals surface area contributed by atoms with Crippen LogP contribution < -0.4 is 0 Å². The maximum atomic E-state index is 6.10. The van der Waals surface area contributed by atoms with Gasteiger partial charge >= 0.3 is 0 Å². The number of aryl methyl sites for hydroxylation is 3. The van der Waals surface area contributed by atoms with Gasteiger partial charge in [-0.15, -0.1) is 11.6 Å². The molecular weight excluding hydrogens is 284 g/mol. The first-order valence-corrected chi connectivity index (χ1v) is 8.76. The second-order valence-electron chi connectivity index (χ2n) is 6.18. The lowest BCUT2D eigenvalue weighted by atomic mass is 10.0. The Balaban J connectivity index is 1.81. The summed E-state index contributed by atoms with van der Waals surface area (Å²) in [5, 5.41) is 4.58. The molecule has 2 aromatic rings. The zero-order chi connectivity index (χ0) is 14.8. The summed E-state index contributed by atoms with van der Waals surface area (Å²) in [6, 6.07) is 0. The number of fused-ring (bicyclic) bond motifs is 1. The van der Waals surface area contributed by atoms with Crippen LogP contribution in [0.1, 0.15) is 57.0 Å². The third kappa shape index (κ3) is 2.83. The fraction of sp³-hybridized carbons (Fsp3) is 0.750. The maximum absolute atomic E-state index is 6.10. The fourth-order valence-electron chi connectivity index (χ4n) is 3.66. The maximum Gasteiger partial charge on any atom is 0.158 e. The van der Waals surface area contributed by atoms with Gasteiger partial charge in [0, 0.05) is 13.1 Å². The summed E-state index contributed by atoms with van der Waals surface area (Å²) >= 11 is 6.10. The highest BCUT2D eigenvalue weighted by molar-refractivity contribution is 6.16. The third-order valence-electron chi connectivity index (χ3n) is 4.77. The zero-order valence-electron chi connectivity index (χ0n) is 13.1. The van der Waals surface area contributed by atoms with Crippen molar-refractivity contribution in [2.24, 2.45) is 5.92 Å². The zero-order valence-corrected chi connectivity index (χ0v) is 13.9. The highest BCUT2D eigenvalue weighted by atomic mass is 35.5. The molecule has 0 aliphatic heterocycles. The van der Waals surface area contributed by atoms with E-state index in [1.54, 1.807) is 0 Å². The monoisotopic (exact) mass is 308 g/mol. The molecule has 0 saturated heterocycles. The molecule has 0 bridgehead atoms. The van der Waals surface area contributed by atoms with E-state index in [2.05, 4.69) is 21.3 Å². The smallest absolute Gasteiger partial charge is 0.158 e. The van der Waals surface area contributed by atoms with Crippen molar-refractivity contribution in [1.82, 2.24) is 19.3 Å². The van der Waals surface area contributed by atoms with E-state index in [9.17, 15) is 0 Å². The van der Waals surface area contributed by atoms with Gasteiger partial charge in [0.05, 0.1) is 11.6 Å². The molecule has 5 heteroatoms. The molecule has 0 amide bonds. The van der Waals surface area contributed by atoms with Crippen LogP contribution in [-0.2, 0) is 19.0 Å². The largest absolute Gasteiger partial charge is 0.312 e. The summed E-state index contributed by atoms with van der Waals surface area (Å²) in [6.45, 7) is 6.05. The minimum atomic E-state index is 0.473. The minimum Gasteiger partial charge on any atom is -0.312 e. The van der Waals surface area contributed by atoms with Gasteiger partial charge in [-0.3, -0.25) is 0 Å². The van der Waals surface area contributed by atoms with Gasteiger partial charge in [0.1, 0.15) is 11.3 Å². The lowest BCUT2D eigenvalue weighted by Gasteiger charge is -2.12. The molecule has 1 aliphatic rings. The highest BCUT2D eigenvalue weighted by Gasteiger charge is 2.19. The Kier molecular flexibility index (Phi) is 4.53. The summed E-state index contributed by atoms with van der Waals surface area (Å²) in [7, 11) is 0. The Hall–Kier alpha value is -1.03. The van der Waals surface area contributed by atoms with Crippen molar-refractivity contribution in [2.45, 2.75) is 71.3 Å². The molecule has 3 rings (SSSR count). The molecule has 21 heavy (non-hydrogen) atoms. The summed E-state index contributed by atoms with van der Waals surface area (Å²) < 4.78 is 4.35. The van der Waals surface area contributed by atoms with Gasteiger partial charge in [0.25, 0.3) is 0 Å². The third-order valence-corrected chi connectivity index (χ3v) is 5.00. The average molecular weight is 309 g/mol. The standard InChI is InChI=1S/C16H25ClN4/c1-3-21-16-15(12(2)19-21)18-14(11-17)20(16)10-6-9-13-7-4-5-8-13/h13H,3-11H2,1-2H3. The molecule has 0 unspecified atom stereocenters. The van der Waals surface area contributed by atoms with E-state index in [0.717, 1.165) is 41.7 Å². The van der Waals surface area contributed by atoms with Crippen molar-refractivity contribution in [3.05, 3.63) is 11.5 Å². The SMILES string of the molecule is CCn1nc(C)c2nc(CCl)n(CCCC3CCCC3)c21. The van der Waals surface area contributed by atoms with Crippen LogP contribution in [0.2, 0.25) is 0 Å². The first-order chi connectivity index (χ1) is 10.2. The number of nitrogens with zero attached hydrogens (tertiary/aromatic N) is 4. The molecule has 1 aliphatic carbocycles. The van der Waals surface area contributed by atoms with Crippen LogP contribution in [0.15, 0.2) is 0 Å². The number of hydrogen-bond acceptors (Lipinski definition) is 2. The Morgan fingerprint density at radius 1 is 1.29 bits per heavy atom. The van der Waals surface area contributed by atoms with Crippen LogP contribution >= 0.6 is 11.6 Å². The molecule has 1 fully saturated rings. The molecule has 4 nitrogen and oxygen atoms in total. The first kappa shape index (κ1) is 14.9. The second-order valence-corrected chi connectivity index (χ2v) is 6.45. The number of hydrogen-bond donors (Lipinski definition) is 0. The van der Waals surface area contributed by atoms with Crippen LogP contribution in [0.4, 0.5) is 0 Å². The van der Waals surface area contributed by atoms with E-state index in [-0.39, 0.29) is 0 Å². The molecule has 0 aromatic carbocycles. The van der Waals surface area contributed by atoms with Crippen LogP contribution in [-0.4, -0.2) is 19.3 Å². The van der Waals surface area contributed by atoms with Crippen molar-refractivity contribution < 1.29 is 0 Å². The molecular formula is C16H25ClN4. The van der Waals surface area contributed by atoms with Crippen molar-refractivity contribution in [1.29, 1.82) is 0 Å². The van der Waals surface area contributed by atoms with Crippen LogP contribution in [0.25, 0.3) is 11.2 Å². The molecule has 1 saturated carbocycles. The summed E-state index contributed by atoms with van der Waals surface area (Å²) in [4.78, 5) is 4.70. The number of rotatable bonds is 6. The van der Waals surface area contributed by atoms with Crippen molar-refractivity contribution >= 4 is 22.8 Å². The number of imidazole rings is 1. The minimum absolute atomic E-state index is 0.473. The number of alkyl halides is 1. The Bertz CT molecular complexity index is 607. The van der Waals surface area contributed by atoms with Crippen LogP contribution in [0.5, 0.6) is 0 Å². The predicted molar refractivity (Wildman–Crippen MR) is 86.7 cm³/mol. The molecule has 0 radical (unpaired) electrons. The number of halogens is 1. The Labute approximate surface area is 131 Å². The Morgan fingerprint density at radius 2 is 2.05 bits per heavy atom. The van der Waals surface area contributed by atoms with Gasteiger partial charge < -0.3 is 4.57 Å². The number of aromatic nitrogens is 4. The topological polar surface area (TPSA) is 35.6 Å². The lowest BCUT2D eigenvalue weighted by molar-refractivity contribution is 0.456. The molecule has 2 heterocycles. The van der Waals surface area contributed by atoms with E-state index in [1.165, 1.54) is 38.5 Å². The molecule has 116 valence electrons. The van der Waals surface area contributed by atoms with Gasteiger partial charge in [0.15, 0.2) is 5.65 Å². The summed E-state index contributed by atoms with van der Waals surface area (Å²) in [5.74, 6) is 2.41. The fourth-order valence-corrected chi connectivity index (χ4v) is 3.87. The van der Waals surface area contributed by atoms with Crippen LogP contribution in [0, 0.1) is 12.8 Å². The molecule has 2 aromatic heterocycles. The summed E-state index contributed by atoms with van der Waals surface area (Å²) in [5.41, 5.74) is 3.18. The van der Waals surface area contributed by atoms with Crippen molar-refractivity contribution in [3.63, 3.8) is 0 Å². The van der Waals surface area contributed by atoms with E-state index < -0.39 is 0 Å². The predicted octanol–water partition coefficient (Wildman–Crippen LogP) is 4.27. The van der Waals surface area contributed by atoms with Crippen molar-refractivity contribution in [3.8, 4) is 0 Å². The van der Waals surface area contributed by atoms with Gasteiger partial charge in [-0.1, -0.05) is 25.7 Å².